The Morgan fingerprint density at radius 1 is 1.53 bits per heavy atom. The molecule has 1 heterocycles. The average molecular weight is 240 g/mol. The van der Waals surface area contributed by atoms with Crippen molar-refractivity contribution in [3.05, 3.63) is 0 Å². The van der Waals surface area contributed by atoms with Crippen LogP contribution < -0.4 is 5.32 Å². The van der Waals surface area contributed by atoms with Crippen molar-refractivity contribution in [3.8, 4) is 0 Å². The summed E-state index contributed by atoms with van der Waals surface area (Å²) < 4.78 is 0. The molecule has 1 aliphatic rings. The van der Waals surface area contributed by atoms with Crippen LogP contribution in [0.2, 0.25) is 0 Å². The molecule has 2 atom stereocenters. The van der Waals surface area contributed by atoms with Crippen LogP contribution in [0.4, 0.5) is 0 Å². The van der Waals surface area contributed by atoms with Gasteiger partial charge in [-0.3, -0.25) is 9.59 Å². The standard InChI is InChI=1S/C13H24N2O2/c1-4-6-7-15-9-11(8-12(15)16)13(17)14-10(3)5-2/h10-11H,4-9H2,1-3H3,(H,14,17)/t10-,11-/m0/s1. The predicted octanol–water partition coefficient (Wildman–Crippen LogP) is 1.55. The van der Waals surface area contributed by atoms with Crippen molar-refractivity contribution in [3.63, 3.8) is 0 Å². The minimum absolute atomic E-state index is 0.0340. The predicted molar refractivity (Wildman–Crippen MR) is 67.5 cm³/mol. The van der Waals surface area contributed by atoms with Gasteiger partial charge < -0.3 is 10.2 Å². The first-order valence-corrected chi connectivity index (χ1v) is 6.66. The summed E-state index contributed by atoms with van der Waals surface area (Å²) in [7, 11) is 0. The van der Waals surface area contributed by atoms with Gasteiger partial charge in [-0.1, -0.05) is 20.3 Å². The zero-order valence-electron chi connectivity index (χ0n) is 11.2. The van der Waals surface area contributed by atoms with E-state index in [4.69, 9.17) is 0 Å². The number of amides is 2. The Kier molecular flexibility index (Phi) is 5.45. The highest BCUT2D eigenvalue weighted by Gasteiger charge is 2.33. The molecule has 0 aromatic rings. The summed E-state index contributed by atoms with van der Waals surface area (Å²) in [5.74, 6) is 0.0165. The van der Waals surface area contributed by atoms with Gasteiger partial charge in [0.1, 0.15) is 0 Å². The van der Waals surface area contributed by atoms with Crippen molar-refractivity contribution in [1.29, 1.82) is 0 Å². The van der Waals surface area contributed by atoms with Crippen molar-refractivity contribution in [1.82, 2.24) is 10.2 Å². The molecule has 1 rings (SSSR count). The van der Waals surface area contributed by atoms with E-state index in [0.717, 1.165) is 25.8 Å². The van der Waals surface area contributed by atoms with Gasteiger partial charge in [0.05, 0.1) is 5.92 Å². The maximum Gasteiger partial charge on any atom is 0.225 e. The van der Waals surface area contributed by atoms with Crippen LogP contribution in [0.15, 0.2) is 0 Å². The van der Waals surface area contributed by atoms with E-state index in [1.54, 1.807) is 0 Å². The number of rotatable bonds is 6. The molecule has 1 aliphatic heterocycles. The number of likely N-dealkylation sites (tertiary alicyclic amines) is 1. The molecule has 0 unspecified atom stereocenters. The van der Waals surface area contributed by atoms with Crippen LogP contribution in [0.3, 0.4) is 0 Å². The summed E-state index contributed by atoms with van der Waals surface area (Å²) in [6.07, 6.45) is 3.40. The average Bonchev–Trinajstić information content (AvgIpc) is 2.68. The van der Waals surface area contributed by atoms with Crippen LogP contribution in [0.5, 0.6) is 0 Å². The van der Waals surface area contributed by atoms with Crippen molar-refractivity contribution in [2.75, 3.05) is 13.1 Å². The molecule has 98 valence electrons. The molecule has 0 aliphatic carbocycles. The summed E-state index contributed by atoms with van der Waals surface area (Å²) in [6, 6.07) is 0.197. The van der Waals surface area contributed by atoms with Gasteiger partial charge in [-0.15, -0.1) is 0 Å². The molecule has 4 nitrogen and oxygen atoms in total. The summed E-state index contributed by atoms with van der Waals surface area (Å²) >= 11 is 0. The molecule has 1 N–H and O–H groups in total. The van der Waals surface area contributed by atoms with Crippen molar-refractivity contribution < 1.29 is 9.59 Å². The SMILES string of the molecule is CCCCN1C[C@@H](C(=O)N[C@@H](C)CC)CC1=O. The van der Waals surface area contributed by atoms with E-state index in [9.17, 15) is 9.59 Å². The second-order valence-corrected chi connectivity index (χ2v) is 4.91. The van der Waals surface area contributed by atoms with Crippen molar-refractivity contribution >= 4 is 11.8 Å². The number of carbonyl (C=O) groups is 2. The Balaban J connectivity index is 2.42. The van der Waals surface area contributed by atoms with E-state index < -0.39 is 0 Å². The van der Waals surface area contributed by atoms with Crippen LogP contribution in [0.1, 0.15) is 46.5 Å². The highest BCUT2D eigenvalue weighted by Crippen LogP contribution is 2.18. The van der Waals surface area contributed by atoms with Crippen LogP contribution in [-0.2, 0) is 9.59 Å². The maximum atomic E-state index is 11.9. The number of hydrogen-bond donors (Lipinski definition) is 1. The van der Waals surface area contributed by atoms with E-state index in [1.165, 1.54) is 0 Å². The minimum atomic E-state index is -0.145. The lowest BCUT2D eigenvalue weighted by Gasteiger charge is -2.17. The summed E-state index contributed by atoms with van der Waals surface area (Å²) in [4.78, 5) is 25.4. The Labute approximate surface area is 104 Å². The van der Waals surface area contributed by atoms with Crippen molar-refractivity contribution in [2.45, 2.75) is 52.5 Å². The molecule has 1 fully saturated rings. The summed E-state index contributed by atoms with van der Waals surface area (Å²) in [5.41, 5.74) is 0. The Hall–Kier alpha value is -1.06. The monoisotopic (exact) mass is 240 g/mol. The third kappa shape index (κ3) is 4.02. The Morgan fingerprint density at radius 2 is 2.24 bits per heavy atom. The van der Waals surface area contributed by atoms with E-state index in [1.807, 2.05) is 18.7 Å². The molecule has 4 heteroatoms. The van der Waals surface area contributed by atoms with Crippen LogP contribution in [-0.4, -0.2) is 35.8 Å². The smallest absolute Gasteiger partial charge is 0.225 e. The van der Waals surface area contributed by atoms with E-state index in [0.29, 0.717) is 13.0 Å². The van der Waals surface area contributed by atoms with Gasteiger partial charge in [-0.2, -0.15) is 0 Å². The van der Waals surface area contributed by atoms with Gasteiger partial charge in [0.25, 0.3) is 0 Å². The first-order chi connectivity index (χ1) is 8.08. The second-order valence-electron chi connectivity index (χ2n) is 4.91. The normalized spacial score (nSPS) is 21.7. The molecule has 0 aromatic heterocycles. The minimum Gasteiger partial charge on any atom is -0.353 e. The number of hydrogen-bond acceptors (Lipinski definition) is 2. The first kappa shape index (κ1) is 14.0. The highest BCUT2D eigenvalue weighted by atomic mass is 16.2. The van der Waals surface area contributed by atoms with Gasteiger partial charge in [0, 0.05) is 25.6 Å². The van der Waals surface area contributed by atoms with Crippen molar-refractivity contribution in [2.24, 2.45) is 5.92 Å². The number of nitrogens with one attached hydrogen (secondary N) is 1. The van der Waals surface area contributed by atoms with Gasteiger partial charge >= 0.3 is 0 Å². The third-order valence-electron chi connectivity index (χ3n) is 3.37. The molecule has 1 saturated heterocycles. The fourth-order valence-electron chi connectivity index (χ4n) is 1.98. The number of nitrogens with zero attached hydrogens (tertiary/aromatic N) is 1. The van der Waals surface area contributed by atoms with Gasteiger partial charge in [-0.25, -0.2) is 0 Å². The number of carbonyl (C=O) groups excluding carboxylic acids is 2. The summed E-state index contributed by atoms with van der Waals surface area (Å²) in [5, 5.41) is 2.95. The largest absolute Gasteiger partial charge is 0.353 e. The molecule has 0 bridgehead atoms. The lowest BCUT2D eigenvalue weighted by molar-refractivity contribution is -0.129. The van der Waals surface area contributed by atoms with E-state index >= 15 is 0 Å². The first-order valence-electron chi connectivity index (χ1n) is 6.66. The maximum absolute atomic E-state index is 11.9. The molecule has 0 saturated carbocycles. The lowest BCUT2D eigenvalue weighted by Crippen LogP contribution is -2.38. The Bertz CT molecular complexity index is 279. The Morgan fingerprint density at radius 3 is 2.82 bits per heavy atom. The fraction of sp³-hybridized carbons (Fsp3) is 0.846. The lowest BCUT2D eigenvalue weighted by atomic mass is 10.1. The second kappa shape index (κ2) is 6.62. The molecule has 0 spiro atoms. The van der Waals surface area contributed by atoms with E-state index in [2.05, 4.69) is 12.2 Å². The van der Waals surface area contributed by atoms with Gasteiger partial charge in [-0.05, 0) is 19.8 Å². The molecule has 2 amide bonds. The quantitative estimate of drug-likeness (QED) is 0.766. The van der Waals surface area contributed by atoms with E-state index in [-0.39, 0.29) is 23.8 Å². The summed E-state index contributed by atoms with van der Waals surface area (Å²) in [6.45, 7) is 7.53. The topological polar surface area (TPSA) is 49.4 Å². The van der Waals surface area contributed by atoms with Gasteiger partial charge in [0.2, 0.25) is 11.8 Å². The van der Waals surface area contributed by atoms with Crippen LogP contribution in [0, 0.1) is 5.92 Å². The zero-order valence-corrected chi connectivity index (χ0v) is 11.2. The molecule has 0 aromatic carbocycles. The highest BCUT2D eigenvalue weighted by molar-refractivity contribution is 5.89. The molecule has 0 radical (unpaired) electrons. The molecular formula is C13H24N2O2. The molecule has 17 heavy (non-hydrogen) atoms. The van der Waals surface area contributed by atoms with Crippen LogP contribution in [0.25, 0.3) is 0 Å². The third-order valence-corrected chi connectivity index (χ3v) is 3.37. The zero-order chi connectivity index (χ0) is 12.8. The fourth-order valence-corrected chi connectivity index (χ4v) is 1.98. The van der Waals surface area contributed by atoms with Gasteiger partial charge in [0.15, 0.2) is 0 Å². The molecular weight excluding hydrogens is 216 g/mol. The number of unbranched alkanes of at least 4 members (excludes halogenated alkanes) is 1. The van der Waals surface area contributed by atoms with Crippen LogP contribution >= 0.6 is 0 Å².